The van der Waals surface area contributed by atoms with Gasteiger partial charge in [0, 0.05) is 53.6 Å². The number of piperazine rings is 1. The first kappa shape index (κ1) is 34.3. The molecule has 1 aliphatic heterocycles. The molecule has 11 nitrogen and oxygen atoms in total. The van der Waals surface area contributed by atoms with Gasteiger partial charge < -0.3 is 20.3 Å². The summed E-state index contributed by atoms with van der Waals surface area (Å²) in [7, 11) is 0. The molecule has 2 aromatic heterocycles. The van der Waals surface area contributed by atoms with Gasteiger partial charge in [0.2, 0.25) is 0 Å². The van der Waals surface area contributed by atoms with Crippen molar-refractivity contribution < 1.29 is 22.7 Å². The Hall–Kier alpha value is -5.19. The number of carbonyl (C=O) groups is 1. The lowest BCUT2D eigenvalue weighted by Crippen LogP contribution is -2.59. The third-order valence-electron chi connectivity index (χ3n) is 9.69. The smallest absolute Gasteiger partial charge is 0.417 e. The third kappa shape index (κ3) is 6.45. The van der Waals surface area contributed by atoms with E-state index in [9.17, 15) is 28.0 Å². The first-order chi connectivity index (χ1) is 24.1. The maximum atomic E-state index is 14.5. The number of aromatic nitrogens is 4. The van der Waals surface area contributed by atoms with Gasteiger partial charge in [-0.15, -0.1) is 0 Å². The Morgan fingerprint density at radius 3 is 2.18 bits per heavy atom. The molecule has 4 aromatic rings. The van der Waals surface area contributed by atoms with Gasteiger partial charge in [-0.1, -0.05) is 0 Å². The summed E-state index contributed by atoms with van der Waals surface area (Å²) in [6.45, 7) is 9.68. The Bertz CT molecular complexity index is 2130. The number of hydrogen-bond donors (Lipinski definition) is 1. The van der Waals surface area contributed by atoms with Crippen LogP contribution in [0.5, 0.6) is 0 Å². The van der Waals surface area contributed by atoms with Crippen LogP contribution >= 0.6 is 0 Å². The van der Waals surface area contributed by atoms with Crippen molar-refractivity contribution in [2.45, 2.75) is 96.0 Å². The highest BCUT2D eigenvalue weighted by Gasteiger charge is 2.39. The molecule has 2 saturated carbocycles. The second kappa shape index (κ2) is 12.2. The fraction of sp³-hybridized carbons (Fsp3) is 0.459. The highest BCUT2D eigenvalue weighted by molar-refractivity contribution is 5.97. The Kier molecular flexibility index (Phi) is 8.23. The van der Waals surface area contributed by atoms with Crippen LogP contribution in [0, 0.1) is 11.3 Å². The molecule has 0 bridgehead atoms. The fourth-order valence-corrected chi connectivity index (χ4v) is 6.98. The molecule has 0 spiro atoms. The number of amides is 1. The maximum absolute atomic E-state index is 14.5. The van der Waals surface area contributed by atoms with E-state index in [1.165, 1.54) is 35.2 Å². The molecule has 2 N–H and O–H groups in total. The van der Waals surface area contributed by atoms with Gasteiger partial charge >= 0.3 is 18.0 Å². The van der Waals surface area contributed by atoms with E-state index in [0.717, 1.165) is 31.7 Å². The number of alkyl halides is 3. The number of nitrogens with zero attached hydrogens (tertiary/aromatic N) is 7. The van der Waals surface area contributed by atoms with Crippen molar-refractivity contribution in [3.63, 3.8) is 0 Å². The Balaban J connectivity index is 1.49. The van der Waals surface area contributed by atoms with Crippen molar-refractivity contribution in [3.05, 3.63) is 69.7 Å². The van der Waals surface area contributed by atoms with Gasteiger partial charge in [-0.3, -0.25) is 4.57 Å². The molecule has 266 valence electrons. The lowest BCUT2D eigenvalue weighted by atomic mass is 9.93. The first-order valence-electron chi connectivity index (χ1n) is 17.1. The minimum absolute atomic E-state index is 0.0242. The molecule has 1 amide bonds. The number of anilines is 2. The van der Waals surface area contributed by atoms with E-state index < -0.39 is 29.1 Å². The molecule has 1 saturated heterocycles. The molecule has 3 heterocycles. The minimum Gasteiger partial charge on any atom is -0.444 e. The molecule has 51 heavy (non-hydrogen) atoms. The summed E-state index contributed by atoms with van der Waals surface area (Å²) in [6, 6.07) is 7.63. The summed E-state index contributed by atoms with van der Waals surface area (Å²) in [4.78, 5) is 45.0. The number of nitrogen functional groups attached to an aromatic ring is 1. The van der Waals surface area contributed by atoms with Gasteiger partial charge in [-0.2, -0.15) is 23.4 Å². The minimum atomic E-state index is -4.75. The Morgan fingerprint density at radius 1 is 0.961 bits per heavy atom. The molecule has 2 aromatic carbocycles. The first-order valence-corrected chi connectivity index (χ1v) is 17.1. The highest BCUT2D eigenvalue weighted by Crippen LogP contribution is 2.48. The lowest BCUT2D eigenvalue weighted by Gasteiger charge is -2.45. The van der Waals surface area contributed by atoms with E-state index in [-0.39, 0.29) is 70.7 Å². The number of ether oxygens (including phenoxy) is 1. The molecule has 2 atom stereocenters. The Labute approximate surface area is 292 Å². The van der Waals surface area contributed by atoms with Crippen LogP contribution in [0.15, 0.2) is 41.5 Å². The zero-order chi connectivity index (χ0) is 36.6. The van der Waals surface area contributed by atoms with E-state index in [1.54, 1.807) is 25.7 Å². The van der Waals surface area contributed by atoms with Gasteiger partial charge in [0.15, 0.2) is 0 Å². The lowest BCUT2D eigenvalue weighted by molar-refractivity contribution is -0.137. The van der Waals surface area contributed by atoms with E-state index in [1.807, 2.05) is 18.7 Å². The van der Waals surface area contributed by atoms with Gasteiger partial charge in [0.25, 0.3) is 0 Å². The van der Waals surface area contributed by atoms with Crippen LogP contribution in [-0.4, -0.2) is 61.3 Å². The summed E-state index contributed by atoms with van der Waals surface area (Å²) in [5.74, 6) is 0.471. The number of benzene rings is 2. The normalized spacial score (nSPS) is 19.7. The van der Waals surface area contributed by atoms with E-state index in [4.69, 9.17) is 10.5 Å². The van der Waals surface area contributed by atoms with E-state index >= 15 is 0 Å². The van der Waals surface area contributed by atoms with Crippen LogP contribution in [0.4, 0.5) is 29.5 Å². The fourth-order valence-electron chi connectivity index (χ4n) is 6.98. The van der Waals surface area contributed by atoms with Crippen molar-refractivity contribution in [2.24, 2.45) is 0 Å². The molecule has 0 radical (unpaired) electrons. The molecular formula is C37H39F3N8O3. The monoisotopic (exact) mass is 700 g/mol. The average Bonchev–Trinajstić information content (AvgIpc) is 3.97. The van der Waals surface area contributed by atoms with Crippen LogP contribution in [0.2, 0.25) is 0 Å². The second-order valence-electron chi connectivity index (χ2n) is 14.9. The molecule has 3 fully saturated rings. The summed E-state index contributed by atoms with van der Waals surface area (Å²) in [6.07, 6.45) is -0.180. The van der Waals surface area contributed by atoms with Crippen LogP contribution in [0.25, 0.3) is 27.7 Å². The SMILES string of the molecule is C[C@@H]1CN(c2nc(=O)n(-c3c(C4CC4)ncnc3C3CC3)c3cc(-c4cc(N)ccc4C(F)(F)F)c(C#N)cc23)[C@@H](C)CN1C(=O)OC(C)(C)C. The molecule has 3 aliphatic rings. The van der Waals surface area contributed by atoms with Gasteiger partial charge in [0.05, 0.1) is 39.8 Å². The van der Waals surface area contributed by atoms with Crippen molar-refractivity contribution in [1.82, 2.24) is 24.4 Å². The Morgan fingerprint density at radius 2 is 1.61 bits per heavy atom. The molecule has 0 unspecified atom stereocenters. The summed E-state index contributed by atoms with van der Waals surface area (Å²) in [5.41, 5.74) is 5.62. The largest absolute Gasteiger partial charge is 0.444 e. The average molecular weight is 701 g/mol. The van der Waals surface area contributed by atoms with Crippen LogP contribution < -0.4 is 16.3 Å². The van der Waals surface area contributed by atoms with Crippen LogP contribution in [0.3, 0.4) is 0 Å². The number of nitriles is 1. The topological polar surface area (TPSA) is 143 Å². The van der Waals surface area contributed by atoms with Gasteiger partial charge in [-0.25, -0.2) is 19.6 Å². The number of fused-ring (bicyclic) bond motifs is 1. The van der Waals surface area contributed by atoms with Crippen LogP contribution in [-0.2, 0) is 10.9 Å². The number of carbonyl (C=O) groups excluding carboxylic acids is 1. The number of hydrogen-bond acceptors (Lipinski definition) is 9. The van der Waals surface area contributed by atoms with Crippen molar-refractivity contribution in [1.29, 1.82) is 5.26 Å². The van der Waals surface area contributed by atoms with Gasteiger partial charge in [0.1, 0.15) is 17.7 Å². The maximum Gasteiger partial charge on any atom is 0.417 e. The predicted molar refractivity (Wildman–Crippen MR) is 186 cm³/mol. The standard InChI is InChI=1S/C37H39F3N8O3/c1-19-17-47(35(50)51-36(3,4)5)20(2)16-46(19)33-27-12-23(15-41)25(26-13-24(42)10-11-28(26)37(38,39)40)14-29(27)48(34(49)45-33)32-30(21-6-7-21)43-18-44-31(32)22-8-9-22/h10-14,18-22H,6-9,16-17,42H2,1-5H3/t19-,20+/m0/s1. The van der Waals surface area contributed by atoms with E-state index in [2.05, 4.69) is 21.0 Å². The molecular weight excluding hydrogens is 661 g/mol. The molecule has 7 rings (SSSR count). The summed E-state index contributed by atoms with van der Waals surface area (Å²) in [5, 5.41) is 10.8. The predicted octanol–water partition coefficient (Wildman–Crippen LogP) is 6.90. The highest BCUT2D eigenvalue weighted by atomic mass is 19.4. The number of rotatable bonds is 5. The molecule has 2 aliphatic carbocycles. The van der Waals surface area contributed by atoms with Crippen molar-refractivity contribution in [2.75, 3.05) is 23.7 Å². The summed E-state index contributed by atoms with van der Waals surface area (Å²) >= 11 is 0. The third-order valence-corrected chi connectivity index (χ3v) is 9.69. The van der Waals surface area contributed by atoms with Gasteiger partial charge in [-0.05, 0) is 96.2 Å². The van der Waals surface area contributed by atoms with Crippen molar-refractivity contribution in [3.8, 4) is 22.9 Å². The van der Waals surface area contributed by atoms with E-state index in [0.29, 0.717) is 22.5 Å². The zero-order valence-electron chi connectivity index (χ0n) is 29.1. The van der Waals surface area contributed by atoms with Crippen molar-refractivity contribution >= 4 is 28.5 Å². The second-order valence-corrected chi connectivity index (χ2v) is 14.9. The molecule has 14 heteroatoms. The van der Waals surface area contributed by atoms with Crippen LogP contribution in [0.1, 0.15) is 94.7 Å². The quantitative estimate of drug-likeness (QED) is 0.220. The number of halogens is 3. The summed E-state index contributed by atoms with van der Waals surface area (Å²) < 4.78 is 50.4. The zero-order valence-corrected chi connectivity index (χ0v) is 29.1. The number of nitrogens with two attached hydrogens (primary N) is 1.